The van der Waals surface area contributed by atoms with E-state index in [9.17, 15) is 0 Å². The largest absolute Gasteiger partial charge is 0.380 e. The van der Waals surface area contributed by atoms with Gasteiger partial charge in [0.05, 0.1) is 18.8 Å². The van der Waals surface area contributed by atoms with Crippen molar-refractivity contribution in [2.45, 2.75) is 46.7 Å². The second-order valence-corrected chi connectivity index (χ2v) is 4.21. The summed E-state index contributed by atoms with van der Waals surface area (Å²) in [6.45, 7) is 10.5. The van der Waals surface area contributed by atoms with Crippen LogP contribution in [0.4, 0.5) is 0 Å². The van der Waals surface area contributed by atoms with Crippen LogP contribution in [0.15, 0.2) is 0 Å². The molecule has 0 bridgehead atoms. The summed E-state index contributed by atoms with van der Waals surface area (Å²) in [4.78, 5) is 0. The lowest BCUT2D eigenvalue weighted by molar-refractivity contribution is 0.124. The molecular formula is C12H23N3O. The van der Waals surface area contributed by atoms with Crippen molar-refractivity contribution >= 4 is 0 Å². The van der Waals surface area contributed by atoms with Crippen molar-refractivity contribution in [2.75, 3.05) is 13.2 Å². The number of hydrogen-bond acceptors (Lipinski definition) is 3. The summed E-state index contributed by atoms with van der Waals surface area (Å²) in [5.74, 6) is 0. The average Bonchev–Trinajstić information content (AvgIpc) is 2.49. The molecule has 0 aromatic carbocycles. The Balaban J connectivity index is 2.64. The predicted octanol–water partition coefficient (Wildman–Crippen LogP) is 1.95. The van der Waals surface area contributed by atoms with E-state index in [4.69, 9.17) is 10.5 Å². The molecule has 1 atom stereocenters. The maximum atomic E-state index is 5.92. The van der Waals surface area contributed by atoms with E-state index >= 15 is 0 Å². The van der Waals surface area contributed by atoms with E-state index in [1.807, 2.05) is 18.5 Å². The molecule has 1 heterocycles. The van der Waals surface area contributed by atoms with Crippen LogP contribution < -0.4 is 5.73 Å². The van der Waals surface area contributed by atoms with Gasteiger partial charge in [-0.15, -0.1) is 0 Å². The topological polar surface area (TPSA) is 53.1 Å². The fourth-order valence-electron chi connectivity index (χ4n) is 1.98. The van der Waals surface area contributed by atoms with Crippen LogP contribution in [0, 0.1) is 13.8 Å². The van der Waals surface area contributed by atoms with Gasteiger partial charge in [-0.2, -0.15) is 5.10 Å². The summed E-state index contributed by atoms with van der Waals surface area (Å²) in [6.07, 6.45) is 1.06. The highest BCUT2D eigenvalue weighted by Gasteiger charge is 2.14. The molecule has 2 N–H and O–H groups in total. The number of rotatable bonds is 6. The van der Waals surface area contributed by atoms with E-state index in [-0.39, 0.29) is 6.04 Å². The van der Waals surface area contributed by atoms with E-state index in [1.54, 1.807) is 0 Å². The van der Waals surface area contributed by atoms with Crippen molar-refractivity contribution in [2.24, 2.45) is 5.73 Å². The van der Waals surface area contributed by atoms with Gasteiger partial charge in [0.25, 0.3) is 0 Å². The molecule has 4 heteroatoms. The van der Waals surface area contributed by atoms with Gasteiger partial charge in [-0.1, -0.05) is 6.92 Å². The lowest BCUT2D eigenvalue weighted by Crippen LogP contribution is -2.11. The number of aromatic nitrogens is 2. The average molecular weight is 225 g/mol. The molecular weight excluding hydrogens is 202 g/mol. The van der Waals surface area contributed by atoms with Gasteiger partial charge in [0.2, 0.25) is 0 Å². The van der Waals surface area contributed by atoms with Crippen molar-refractivity contribution in [1.82, 2.24) is 9.78 Å². The molecule has 0 fully saturated rings. The monoisotopic (exact) mass is 225 g/mol. The van der Waals surface area contributed by atoms with Crippen LogP contribution in [0.3, 0.4) is 0 Å². The predicted molar refractivity (Wildman–Crippen MR) is 65.4 cm³/mol. The molecule has 0 amide bonds. The first-order chi connectivity index (χ1) is 7.57. The standard InChI is InChI=1S/C12H23N3O/c1-5-7-16-8-6-15-11(4)12(9(2)13)10(3)14-15/h9H,5-8,13H2,1-4H3. The van der Waals surface area contributed by atoms with Crippen molar-refractivity contribution in [1.29, 1.82) is 0 Å². The fourth-order valence-corrected chi connectivity index (χ4v) is 1.98. The first-order valence-corrected chi connectivity index (χ1v) is 5.95. The second kappa shape index (κ2) is 6.01. The highest BCUT2D eigenvalue weighted by Crippen LogP contribution is 2.19. The Morgan fingerprint density at radius 1 is 1.38 bits per heavy atom. The number of hydrogen-bond donors (Lipinski definition) is 1. The number of nitrogens with two attached hydrogens (primary N) is 1. The Morgan fingerprint density at radius 3 is 2.56 bits per heavy atom. The van der Waals surface area contributed by atoms with Crippen molar-refractivity contribution in [3.63, 3.8) is 0 Å². The summed E-state index contributed by atoms with van der Waals surface area (Å²) in [5.41, 5.74) is 9.27. The minimum atomic E-state index is 0.0466. The van der Waals surface area contributed by atoms with Crippen LogP contribution in [-0.4, -0.2) is 23.0 Å². The molecule has 92 valence electrons. The van der Waals surface area contributed by atoms with Crippen LogP contribution >= 0.6 is 0 Å². The lowest BCUT2D eigenvalue weighted by Gasteiger charge is -2.07. The molecule has 0 radical (unpaired) electrons. The third kappa shape index (κ3) is 3.06. The zero-order valence-electron chi connectivity index (χ0n) is 10.8. The van der Waals surface area contributed by atoms with Gasteiger partial charge in [0, 0.05) is 23.9 Å². The SMILES string of the molecule is CCCOCCn1nc(C)c(C(C)N)c1C. The van der Waals surface area contributed by atoms with Crippen molar-refractivity contribution in [3.05, 3.63) is 17.0 Å². The number of aryl methyl sites for hydroxylation is 1. The summed E-state index contributed by atoms with van der Waals surface area (Å²) in [6, 6.07) is 0.0466. The second-order valence-electron chi connectivity index (χ2n) is 4.21. The Hall–Kier alpha value is -0.870. The summed E-state index contributed by atoms with van der Waals surface area (Å²) in [5, 5.41) is 4.49. The van der Waals surface area contributed by atoms with Crippen LogP contribution in [0.25, 0.3) is 0 Å². The maximum Gasteiger partial charge on any atom is 0.0662 e. The van der Waals surface area contributed by atoms with E-state index in [1.165, 1.54) is 0 Å². The van der Waals surface area contributed by atoms with E-state index in [0.717, 1.165) is 36.5 Å². The van der Waals surface area contributed by atoms with Gasteiger partial charge in [0.1, 0.15) is 0 Å². The molecule has 0 aliphatic heterocycles. The summed E-state index contributed by atoms with van der Waals surface area (Å²) in [7, 11) is 0. The van der Waals surface area contributed by atoms with Gasteiger partial charge in [-0.25, -0.2) is 0 Å². The molecule has 1 aromatic heterocycles. The zero-order chi connectivity index (χ0) is 12.1. The zero-order valence-corrected chi connectivity index (χ0v) is 10.8. The van der Waals surface area contributed by atoms with Crippen LogP contribution in [0.2, 0.25) is 0 Å². The molecule has 4 nitrogen and oxygen atoms in total. The summed E-state index contributed by atoms with van der Waals surface area (Å²) >= 11 is 0. The Kier molecular flexibility index (Phi) is 4.96. The first kappa shape index (κ1) is 13.2. The summed E-state index contributed by atoms with van der Waals surface area (Å²) < 4.78 is 7.45. The highest BCUT2D eigenvalue weighted by molar-refractivity contribution is 5.27. The van der Waals surface area contributed by atoms with Crippen LogP contribution in [0.5, 0.6) is 0 Å². The molecule has 0 aliphatic carbocycles. The molecule has 16 heavy (non-hydrogen) atoms. The van der Waals surface area contributed by atoms with Crippen LogP contribution in [0.1, 0.15) is 43.3 Å². The highest BCUT2D eigenvalue weighted by atomic mass is 16.5. The maximum absolute atomic E-state index is 5.92. The van der Waals surface area contributed by atoms with Gasteiger partial charge < -0.3 is 10.5 Å². The fraction of sp³-hybridized carbons (Fsp3) is 0.750. The molecule has 0 saturated heterocycles. The van der Waals surface area contributed by atoms with Crippen molar-refractivity contribution < 1.29 is 4.74 Å². The quantitative estimate of drug-likeness (QED) is 0.753. The molecule has 0 saturated carbocycles. The van der Waals surface area contributed by atoms with Gasteiger partial charge >= 0.3 is 0 Å². The number of nitrogens with zero attached hydrogens (tertiary/aromatic N) is 2. The Morgan fingerprint density at radius 2 is 2.06 bits per heavy atom. The minimum Gasteiger partial charge on any atom is -0.380 e. The van der Waals surface area contributed by atoms with Gasteiger partial charge in [0.15, 0.2) is 0 Å². The molecule has 0 spiro atoms. The first-order valence-electron chi connectivity index (χ1n) is 5.95. The van der Waals surface area contributed by atoms with E-state index < -0.39 is 0 Å². The van der Waals surface area contributed by atoms with Crippen molar-refractivity contribution in [3.8, 4) is 0 Å². The third-order valence-electron chi connectivity index (χ3n) is 2.69. The van der Waals surface area contributed by atoms with Gasteiger partial charge in [-0.05, 0) is 27.2 Å². The van der Waals surface area contributed by atoms with Crippen LogP contribution in [-0.2, 0) is 11.3 Å². The van der Waals surface area contributed by atoms with E-state index in [2.05, 4.69) is 18.9 Å². The normalized spacial score (nSPS) is 13.1. The number of ether oxygens (including phenoxy) is 1. The molecule has 1 rings (SSSR count). The molecule has 1 unspecified atom stereocenters. The molecule has 1 aromatic rings. The minimum absolute atomic E-state index is 0.0466. The smallest absolute Gasteiger partial charge is 0.0662 e. The third-order valence-corrected chi connectivity index (χ3v) is 2.69. The Labute approximate surface area is 97.8 Å². The van der Waals surface area contributed by atoms with Gasteiger partial charge in [-0.3, -0.25) is 4.68 Å². The lowest BCUT2D eigenvalue weighted by atomic mass is 10.1. The Bertz CT molecular complexity index is 331. The molecule has 0 aliphatic rings. The van der Waals surface area contributed by atoms with E-state index in [0.29, 0.717) is 6.61 Å².